The predicted octanol–water partition coefficient (Wildman–Crippen LogP) is 2.08. The summed E-state index contributed by atoms with van der Waals surface area (Å²) in [5.74, 6) is -0.821. The molecule has 0 atom stereocenters. The van der Waals surface area contributed by atoms with E-state index in [2.05, 4.69) is 4.74 Å². The Labute approximate surface area is 84.7 Å². The fourth-order valence-electron chi connectivity index (χ4n) is 0.965. The molecule has 0 bridgehead atoms. The first-order valence-electron chi connectivity index (χ1n) is 3.57. The third kappa shape index (κ3) is 1.83. The van der Waals surface area contributed by atoms with Crippen molar-refractivity contribution in [2.45, 2.75) is 0 Å². The van der Waals surface area contributed by atoms with Gasteiger partial charge in [-0.15, -0.1) is 0 Å². The Morgan fingerprint density at radius 3 is 2.71 bits per heavy atom. The fourth-order valence-corrected chi connectivity index (χ4v) is 1.12. The number of hydrogen-bond donors (Lipinski definition) is 0. The van der Waals surface area contributed by atoms with Crippen molar-refractivity contribution in [1.82, 2.24) is 0 Å². The summed E-state index contributed by atoms with van der Waals surface area (Å²) in [6.07, 6.45) is 0. The minimum absolute atomic E-state index is 0.0626. The third-order valence-electron chi connectivity index (χ3n) is 1.62. The molecule has 1 rings (SSSR count). The van der Waals surface area contributed by atoms with Gasteiger partial charge < -0.3 is 4.74 Å². The molecule has 72 valence electrons. The zero-order chi connectivity index (χ0) is 10.7. The zero-order valence-corrected chi connectivity index (χ0v) is 7.93. The highest BCUT2D eigenvalue weighted by Crippen LogP contribution is 2.22. The normalized spacial score (nSPS) is 9.29. The van der Waals surface area contributed by atoms with Crippen molar-refractivity contribution in [2.75, 3.05) is 7.11 Å². The van der Waals surface area contributed by atoms with Gasteiger partial charge in [0.15, 0.2) is 11.6 Å². The van der Waals surface area contributed by atoms with E-state index >= 15 is 0 Å². The lowest BCUT2D eigenvalue weighted by Crippen LogP contribution is -1.98. The molecule has 0 radical (unpaired) electrons. The molecular formula is C9H5ClFNO2. The van der Waals surface area contributed by atoms with Crippen LogP contribution in [0.1, 0.15) is 15.9 Å². The first-order valence-corrected chi connectivity index (χ1v) is 3.95. The Hall–Kier alpha value is -1.60. The lowest BCUT2D eigenvalue weighted by atomic mass is 10.1. The Balaban J connectivity index is 3.42. The van der Waals surface area contributed by atoms with Crippen molar-refractivity contribution < 1.29 is 13.9 Å². The van der Waals surface area contributed by atoms with Gasteiger partial charge in [-0.05, 0) is 23.7 Å². The van der Waals surface area contributed by atoms with E-state index in [-0.39, 0.29) is 16.9 Å². The summed E-state index contributed by atoms with van der Waals surface area (Å²) < 4.78 is 17.7. The number of carbonyl (C=O) groups excluding carboxylic acids is 1. The maximum Gasteiger partial charge on any atom is 0.253 e. The molecule has 0 spiro atoms. The lowest BCUT2D eigenvalue weighted by Gasteiger charge is -2.04. The first-order chi connectivity index (χ1) is 6.60. The van der Waals surface area contributed by atoms with Crippen LogP contribution < -0.4 is 4.74 Å². The molecule has 0 aromatic heterocycles. The summed E-state index contributed by atoms with van der Waals surface area (Å²) in [7, 11) is 1.26. The van der Waals surface area contributed by atoms with Crippen molar-refractivity contribution in [1.29, 1.82) is 5.26 Å². The summed E-state index contributed by atoms with van der Waals surface area (Å²) in [6, 6.07) is 3.68. The Morgan fingerprint density at radius 2 is 2.29 bits per heavy atom. The smallest absolute Gasteiger partial charge is 0.253 e. The Kier molecular flexibility index (Phi) is 3.05. The topological polar surface area (TPSA) is 50.1 Å². The number of hydrogen-bond acceptors (Lipinski definition) is 3. The van der Waals surface area contributed by atoms with Gasteiger partial charge in [0.1, 0.15) is 6.07 Å². The summed E-state index contributed by atoms with van der Waals surface area (Å²) in [4.78, 5) is 10.8. The second-order valence-corrected chi connectivity index (χ2v) is 2.76. The average molecular weight is 214 g/mol. The van der Waals surface area contributed by atoms with Crippen LogP contribution in [0.4, 0.5) is 4.39 Å². The van der Waals surface area contributed by atoms with Crippen LogP contribution in [0.2, 0.25) is 0 Å². The molecule has 0 saturated heterocycles. The highest BCUT2D eigenvalue weighted by Gasteiger charge is 2.14. The van der Waals surface area contributed by atoms with Crippen LogP contribution in [0.15, 0.2) is 12.1 Å². The number of carbonyl (C=O) groups is 1. The number of halogens is 2. The molecule has 0 fully saturated rings. The number of ether oxygens (including phenoxy) is 1. The third-order valence-corrected chi connectivity index (χ3v) is 1.83. The van der Waals surface area contributed by atoms with Gasteiger partial charge in [-0.3, -0.25) is 4.79 Å². The van der Waals surface area contributed by atoms with Gasteiger partial charge in [0, 0.05) is 0 Å². The molecule has 0 aliphatic heterocycles. The highest BCUT2D eigenvalue weighted by atomic mass is 35.5. The second-order valence-electron chi connectivity index (χ2n) is 2.42. The predicted molar refractivity (Wildman–Crippen MR) is 47.9 cm³/mol. The summed E-state index contributed by atoms with van der Waals surface area (Å²) >= 11 is 5.20. The van der Waals surface area contributed by atoms with Crippen molar-refractivity contribution in [3.05, 3.63) is 29.1 Å². The SMILES string of the molecule is COc1cc(C(=O)Cl)c(C#N)cc1F. The largest absolute Gasteiger partial charge is 0.494 e. The van der Waals surface area contributed by atoms with Crippen LogP contribution in [-0.4, -0.2) is 12.4 Å². The minimum Gasteiger partial charge on any atom is -0.494 e. The molecular weight excluding hydrogens is 209 g/mol. The van der Waals surface area contributed by atoms with Crippen molar-refractivity contribution in [2.24, 2.45) is 0 Å². The standard InChI is InChI=1S/C9H5ClFNO2/c1-14-8-3-6(9(10)13)5(4-12)2-7(8)11/h2-3H,1H3. The number of nitriles is 1. The van der Waals surface area contributed by atoms with E-state index in [1.165, 1.54) is 7.11 Å². The summed E-state index contributed by atoms with van der Waals surface area (Å²) in [5.41, 5.74) is -0.171. The molecule has 1 aromatic rings. The molecule has 0 aliphatic carbocycles. The highest BCUT2D eigenvalue weighted by molar-refractivity contribution is 6.68. The monoisotopic (exact) mass is 213 g/mol. The Bertz CT molecular complexity index is 426. The molecule has 0 saturated carbocycles. The van der Waals surface area contributed by atoms with Crippen LogP contribution >= 0.6 is 11.6 Å². The van der Waals surface area contributed by atoms with Gasteiger partial charge in [0.05, 0.1) is 18.2 Å². The fraction of sp³-hybridized carbons (Fsp3) is 0.111. The van der Waals surface area contributed by atoms with E-state index in [0.717, 1.165) is 12.1 Å². The zero-order valence-electron chi connectivity index (χ0n) is 7.17. The van der Waals surface area contributed by atoms with Gasteiger partial charge >= 0.3 is 0 Å². The Morgan fingerprint density at radius 1 is 1.64 bits per heavy atom. The molecule has 5 heteroatoms. The van der Waals surface area contributed by atoms with E-state index in [1.807, 2.05) is 0 Å². The van der Waals surface area contributed by atoms with E-state index in [9.17, 15) is 9.18 Å². The van der Waals surface area contributed by atoms with Crippen molar-refractivity contribution in [3.8, 4) is 11.8 Å². The minimum atomic E-state index is -0.820. The van der Waals surface area contributed by atoms with Crippen LogP contribution in [0.25, 0.3) is 0 Å². The van der Waals surface area contributed by atoms with E-state index in [1.54, 1.807) is 6.07 Å². The number of benzene rings is 1. The van der Waals surface area contributed by atoms with Crippen LogP contribution in [0.5, 0.6) is 5.75 Å². The second kappa shape index (κ2) is 4.07. The van der Waals surface area contributed by atoms with Crippen LogP contribution in [0, 0.1) is 17.1 Å². The van der Waals surface area contributed by atoms with Gasteiger partial charge in [0.25, 0.3) is 5.24 Å². The van der Waals surface area contributed by atoms with E-state index in [4.69, 9.17) is 16.9 Å². The van der Waals surface area contributed by atoms with Crippen LogP contribution in [-0.2, 0) is 0 Å². The maximum atomic E-state index is 13.1. The van der Waals surface area contributed by atoms with Gasteiger partial charge in [-0.25, -0.2) is 4.39 Å². The van der Waals surface area contributed by atoms with Gasteiger partial charge in [0.2, 0.25) is 0 Å². The molecule has 0 N–H and O–H groups in total. The van der Waals surface area contributed by atoms with Crippen molar-refractivity contribution in [3.63, 3.8) is 0 Å². The van der Waals surface area contributed by atoms with Crippen molar-refractivity contribution >= 4 is 16.8 Å². The maximum absolute atomic E-state index is 13.1. The quantitative estimate of drug-likeness (QED) is 0.707. The molecule has 0 amide bonds. The van der Waals surface area contributed by atoms with Crippen LogP contribution in [0.3, 0.4) is 0 Å². The van der Waals surface area contributed by atoms with E-state index < -0.39 is 11.1 Å². The van der Waals surface area contributed by atoms with Gasteiger partial charge in [-0.2, -0.15) is 5.26 Å². The number of rotatable bonds is 2. The summed E-state index contributed by atoms with van der Waals surface area (Å²) in [5, 5.41) is 7.77. The molecule has 1 aromatic carbocycles. The number of methoxy groups -OCH3 is 1. The van der Waals surface area contributed by atoms with Gasteiger partial charge in [-0.1, -0.05) is 0 Å². The first kappa shape index (κ1) is 10.5. The molecule has 0 heterocycles. The molecule has 3 nitrogen and oxygen atoms in total. The molecule has 14 heavy (non-hydrogen) atoms. The molecule has 0 aliphatic rings. The molecule has 0 unspecified atom stereocenters. The number of nitrogens with zero attached hydrogens (tertiary/aromatic N) is 1. The average Bonchev–Trinajstić information content (AvgIpc) is 2.16. The summed E-state index contributed by atoms with van der Waals surface area (Å²) in [6.45, 7) is 0. The lowest BCUT2D eigenvalue weighted by molar-refractivity contribution is 0.108. The van der Waals surface area contributed by atoms with E-state index in [0.29, 0.717) is 0 Å².